The fraction of sp³-hybridized carbons (Fsp3) is 0.769. The fourth-order valence-corrected chi connectivity index (χ4v) is 2.60. The standard InChI is InChI=1S/C13H23N3/c1-9(2)16-13(10(3)14)8-12(15-16)11-6-4-5-7-11/h8-11H,4-7,14H2,1-3H3. The molecule has 0 saturated heterocycles. The third-order valence-electron chi connectivity index (χ3n) is 3.51. The summed E-state index contributed by atoms with van der Waals surface area (Å²) in [5.74, 6) is 0.678. The minimum atomic E-state index is 0.0741. The molecule has 3 heteroatoms. The van der Waals surface area contributed by atoms with Crippen molar-refractivity contribution >= 4 is 0 Å². The minimum Gasteiger partial charge on any atom is -0.323 e. The third-order valence-corrected chi connectivity index (χ3v) is 3.51. The van der Waals surface area contributed by atoms with Gasteiger partial charge in [-0.05, 0) is 39.7 Å². The lowest BCUT2D eigenvalue weighted by Crippen LogP contribution is -2.14. The Balaban J connectivity index is 2.30. The molecule has 1 heterocycles. The van der Waals surface area contributed by atoms with Gasteiger partial charge < -0.3 is 5.73 Å². The van der Waals surface area contributed by atoms with E-state index in [1.807, 2.05) is 6.92 Å². The molecule has 1 saturated carbocycles. The second kappa shape index (κ2) is 4.58. The van der Waals surface area contributed by atoms with Crippen LogP contribution in [0.1, 0.15) is 75.8 Å². The number of hydrogen-bond acceptors (Lipinski definition) is 2. The summed E-state index contributed by atoms with van der Waals surface area (Å²) in [6.45, 7) is 6.36. The van der Waals surface area contributed by atoms with E-state index in [4.69, 9.17) is 10.8 Å². The highest BCUT2D eigenvalue weighted by atomic mass is 15.3. The van der Waals surface area contributed by atoms with Crippen molar-refractivity contribution < 1.29 is 0 Å². The fourth-order valence-electron chi connectivity index (χ4n) is 2.60. The SMILES string of the molecule is CC(N)c1cc(C2CCCC2)nn1C(C)C. The zero-order valence-corrected chi connectivity index (χ0v) is 10.6. The topological polar surface area (TPSA) is 43.8 Å². The maximum absolute atomic E-state index is 6.00. The summed E-state index contributed by atoms with van der Waals surface area (Å²) in [6, 6.07) is 2.70. The van der Waals surface area contributed by atoms with Crippen molar-refractivity contribution in [2.24, 2.45) is 5.73 Å². The van der Waals surface area contributed by atoms with Crippen LogP contribution in [0.2, 0.25) is 0 Å². The summed E-state index contributed by atoms with van der Waals surface area (Å²) >= 11 is 0. The number of nitrogens with two attached hydrogens (primary N) is 1. The van der Waals surface area contributed by atoms with E-state index in [1.54, 1.807) is 0 Å². The summed E-state index contributed by atoms with van der Waals surface area (Å²) in [5.41, 5.74) is 8.44. The van der Waals surface area contributed by atoms with Crippen LogP contribution in [0.25, 0.3) is 0 Å². The second-order valence-electron chi connectivity index (χ2n) is 5.30. The molecular weight excluding hydrogens is 198 g/mol. The van der Waals surface area contributed by atoms with Crippen molar-refractivity contribution in [3.05, 3.63) is 17.5 Å². The maximum Gasteiger partial charge on any atom is 0.0659 e. The average Bonchev–Trinajstić information content (AvgIpc) is 2.86. The van der Waals surface area contributed by atoms with Crippen LogP contribution < -0.4 is 5.73 Å². The maximum atomic E-state index is 6.00. The summed E-state index contributed by atoms with van der Waals surface area (Å²) in [4.78, 5) is 0. The molecule has 0 radical (unpaired) electrons. The first-order valence-electron chi connectivity index (χ1n) is 6.44. The highest BCUT2D eigenvalue weighted by Crippen LogP contribution is 2.34. The first-order valence-corrected chi connectivity index (χ1v) is 6.44. The molecule has 1 aromatic heterocycles. The summed E-state index contributed by atoms with van der Waals surface area (Å²) in [6.07, 6.45) is 5.31. The van der Waals surface area contributed by atoms with Crippen molar-refractivity contribution in [1.29, 1.82) is 0 Å². The zero-order chi connectivity index (χ0) is 11.7. The lowest BCUT2D eigenvalue weighted by Gasteiger charge is -2.12. The molecule has 1 unspecified atom stereocenters. The van der Waals surface area contributed by atoms with Crippen LogP contribution in [0, 0.1) is 0 Å². The molecule has 0 bridgehead atoms. The molecule has 0 amide bonds. The molecule has 90 valence electrons. The molecule has 1 atom stereocenters. The Morgan fingerprint density at radius 3 is 2.38 bits per heavy atom. The lowest BCUT2D eigenvalue weighted by atomic mass is 10.0. The second-order valence-corrected chi connectivity index (χ2v) is 5.30. The van der Waals surface area contributed by atoms with E-state index in [9.17, 15) is 0 Å². The minimum absolute atomic E-state index is 0.0741. The summed E-state index contributed by atoms with van der Waals surface area (Å²) in [5, 5.41) is 4.75. The van der Waals surface area contributed by atoms with E-state index in [0.29, 0.717) is 12.0 Å². The van der Waals surface area contributed by atoms with Gasteiger partial charge in [-0.15, -0.1) is 0 Å². The van der Waals surface area contributed by atoms with Gasteiger partial charge in [-0.25, -0.2) is 0 Å². The molecular formula is C13H23N3. The molecule has 0 aromatic carbocycles. The Hall–Kier alpha value is -0.830. The average molecular weight is 221 g/mol. The monoisotopic (exact) mass is 221 g/mol. The van der Waals surface area contributed by atoms with Gasteiger partial charge in [0, 0.05) is 18.0 Å². The first kappa shape index (κ1) is 11.6. The van der Waals surface area contributed by atoms with Crippen LogP contribution in [0.3, 0.4) is 0 Å². The Morgan fingerprint density at radius 2 is 1.94 bits per heavy atom. The number of nitrogens with zero attached hydrogens (tertiary/aromatic N) is 2. The van der Waals surface area contributed by atoms with Crippen molar-refractivity contribution in [3.63, 3.8) is 0 Å². The van der Waals surface area contributed by atoms with E-state index < -0.39 is 0 Å². The van der Waals surface area contributed by atoms with Gasteiger partial charge in [-0.2, -0.15) is 5.10 Å². The molecule has 2 N–H and O–H groups in total. The predicted molar refractivity (Wildman–Crippen MR) is 66.4 cm³/mol. The van der Waals surface area contributed by atoms with E-state index in [2.05, 4.69) is 24.6 Å². The van der Waals surface area contributed by atoms with Crippen LogP contribution in [0.15, 0.2) is 6.07 Å². The van der Waals surface area contributed by atoms with Crippen LogP contribution in [-0.4, -0.2) is 9.78 Å². The molecule has 0 aliphatic heterocycles. The van der Waals surface area contributed by atoms with Gasteiger partial charge in [-0.3, -0.25) is 4.68 Å². The quantitative estimate of drug-likeness (QED) is 0.852. The molecule has 3 nitrogen and oxygen atoms in total. The van der Waals surface area contributed by atoms with Gasteiger partial charge >= 0.3 is 0 Å². The Kier molecular flexibility index (Phi) is 3.33. The van der Waals surface area contributed by atoms with E-state index in [1.165, 1.54) is 37.1 Å². The zero-order valence-electron chi connectivity index (χ0n) is 10.6. The predicted octanol–water partition coefficient (Wildman–Crippen LogP) is 3.14. The van der Waals surface area contributed by atoms with E-state index in [0.717, 1.165) is 0 Å². The van der Waals surface area contributed by atoms with Gasteiger partial charge in [-0.1, -0.05) is 12.8 Å². The Morgan fingerprint density at radius 1 is 1.31 bits per heavy atom. The van der Waals surface area contributed by atoms with Crippen molar-refractivity contribution in [3.8, 4) is 0 Å². The Bertz CT molecular complexity index is 321. The third kappa shape index (κ3) is 2.14. The van der Waals surface area contributed by atoms with Crippen molar-refractivity contribution in [1.82, 2.24) is 9.78 Å². The van der Waals surface area contributed by atoms with Gasteiger partial charge in [0.15, 0.2) is 0 Å². The molecule has 1 fully saturated rings. The molecule has 1 aliphatic rings. The van der Waals surface area contributed by atoms with Crippen LogP contribution in [0.5, 0.6) is 0 Å². The molecule has 1 aliphatic carbocycles. The highest BCUT2D eigenvalue weighted by molar-refractivity contribution is 5.18. The lowest BCUT2D eigenvalue weighted by molar-refractivity contribution is 0.485. The first-order chi connectivity index (χ1) is 7.59. The molecule has 1 aromatic rings. The number of rotatable bonds is 3. The number of aromatic nitrogens is 2. The molecule has 0 spiro atoms. The van der Waals surface area contributed by atoms with Crippen molar-refractivity contribution in [2.45, 2.75) is 64.5 Å². The van der Waals surface area contributed by atoms with Gasteiger partial charge in [0.25, 0.3) is 0 Å². The van der Waals surface area contributed by atoms with E-state index in [-0.39, 0.29) is 6.04 Å². The summed E-state index contributed by atoms with van der Waals surface area (Å²) < 4.78 is 2.10. The largest absolute Gasteiger partial charge is 0.323 e. The highest BCUT2D eigenvalue weighted by Gasteiger charge is 2.22. The van der Waals surface area contributed by atoms with Crippen LogP contribution >= 0.6 is 0 Å². The Labute approximate surface area is 98.0 Å². The van der Waals surface area contributed by atoms with Crippen molar-refractivity contribution in [2.75, 3.05) is 0 Å². The molecule has 2 rings (SSSR count). The normalized spacial score (nSPS) is 19.6. The molecule has 16 heavy (non-hydrogen) atoms. The number of hydrogen-bond donors (Lipinski definition) is 1. The van der Waals surface area contributed by atoms with Gasteiger partial charge in [0.1, 0.15) is 0 Å². The van der Waals surface area contributed by atoms with Gasteiger partial charge in [0.05, 0.1) is 11.4 Å². The van der Waals surface area contributed by atoms with Crippen LogP contribution in [-0.2, 0) is 0 Å². The van der Waals surface area contributed by atoms with Gasteiger partial charge in [0.2, 0.25) is 0 Å². The van der Waals surface area contributed by atoms with Crippen LogP contribution in [0.4, 0.5) is 0 Å². The smallest absolute Gasteiger partial charge is 0.0659 e. The summed E-state index contributed by atoms with van der Waals surface area (Å²) in [7, 11) is 0. The van der Waals surface area contributed by atoms with E-state index >= 15 is 0 Å².